The third kappa shape index (κ3) is 4.08. The molecule has 11 heavy (non-hydrogen) atoms. The third-order valence-corrected chi connectivity index (χ3v) is 8.54. The first kappa shape index (κ1) is 12.2. The fourth-order valence-corrected chi connectivity index (χ4v) is 6.74. The van der Waals surface area contributed by atoms with Crippen molar-refractivity contribution in [3.63, 3.8) is 0 Å². The van der Waals surface area contributed by atoms with Gasteiger partial charge in [-0.25, -0.2) is 0 Å². The van der Waals surface area contributed by atoms with E-state index in [1.54, 1.807) is 21.6 Å². The molecule has 1 rings (SSSR count). The Morgan fingerprint density at radius 1 is 1.18 bits per heavy atom. The van der Waals surface area contributed by atoms with E-state index in [9.17, 15) is 0 Å². The van der Waals surface area contributed by atoms with Gasteiger partial charge in [0.05, 0.1) is 0 Å². The van der Waals surface area contributed by atoms with Gasteiger partial charge in [-0.2, -0.15) is 0 Å². The second-order valence-corrected chi connectivity index (χ2v) is 11.3. The van der Waals surface area contributed by atoms with Gasteiger partial charge in [-0.3, -0.25) is 0 Å². The van der Waals surface area contributed by atoms with Gasteiger partial charge in [-0.15, -0.1) is 0 Å². The summed E-state index contributed by atoms with van der Waals surface area (Å²) in [5.41, 5.74) is 0. The second-order valence-electron chi connectivity index (χ2n) is 3.88. The number of hydrogen-bond acceptors (Lipinski definition) is 1. The van der Waals surface area contributed by atoms with Crippen LogP contribution in [0.2, 0.25) is 13.6 Å². The van der Waals surface area contributed by atoms with Crippen LogP contribution < -0.4 is 0 Å². The second kappa shape index (κ2) is 5.75. The number of hydrogen-bond donors (Lipinski definition) is 0. The summed E-state index contributed by atoms with van der Waals surface area (Å²) in [6.07, 6.45) is 3.13. The fraction of sp³-hybridized carbons (Fsp3) is 1.00. The Morgan fingerprint density at radius 2 is 1.64 bits per heavy atom. The zero-order valence-corrected chi connectivity index (χ0v) is 11.3. The summed E-state index contributed by atoms with van der Waals surface area (Å²) in [6.45, 7) is 4.76. The van der Waals surface area contributed by atoms with Crippen molar-refractivity contribution in [2.24, 2.45) is 11.8 Å². The molecule has 0 amide bonds. The molecule has 0 N–H and O–H groups in total. The first-order chi connectivity index (χ1) is 4.70. The van der Waals surface area contributed by atoms with Gasteiger partial charge < -0.3 is 13.5 Å². The van der Waals surface area contributed by atoms with Crippen molar-refractivity contribution in [2.45, 2.75) is 40.3 Å². The Kier molecular flexibility index (Phi) is 6.36. The average Bonchev–Trinajstić information content (AvgIpc) is 1.88. The van der Waals surface area contributed by atoms with E-state index in [1.165, 1.54) is 0 Å². The predicted octanol–water partition coefficient (Wildman–Crippen LogP) is 2.91. The van der Waals surface area contributed by atoms with Crippen molar-refractivity contribution < 1.29 is 0 Å². The van der Waals surface area contributed by atoms with E-state index in [-0.39, 0.29) is 13.5 Å². The monoisotopic (exact) mass is 281 g/mol. The van der Waals surface area contributed by atoms with Crippen LogP contribution in [0.15, 0.2) is 0 Å². The Hall–Kier alpha value is 1.17. The molecule has 0 bridgehead atoms. The molecular weight excluding hydrogens is 262 g/mol. The standard InChI is InChI=1S/C8H16.CH3.H2S.Sb/c1-5-8(6-2)7(3)4;;;/h7-8H,1-2,5-6H2,3-4H3;1H3;1H2;/q;;;+1/p-1. The summed E-state index contributed by atoms with van der Waals surface area (Å²) in [4.78, 5) is 2.57. The van der Waals surface area contributed by atoms with Crippen LogP contribution in [0.4, 0.5) is 0 Å². The quantitative estimate of drug-likeness (QED) is 0.405. The maximum absolute atomic E-state index is 2.57. The van der Waals surface area contributed by atoms with Crippen LogP contribution in [0.5, 0.6) is 0 Å². The fourth-order valence-electron chi connectivity index (χ4n) is 1.70. The molecule has 0 nitrogen and oxygen atoms in total. The van der Waals surface area contributed by atoms with Gasteiger partial charge >= 0.3 is 72.3 Å². The van der Waals surface area contributed by atoms with Crippen molar-refractivity contribution in [1.29, 1.82) is 0 Å². The van der Waals surface area contributed by atoms with Gasteiger partial charge in [-0.1, -0.05) is 0 Å². The number of thiol groups is 1. The van der Waals surface area contributed by atoms with E-state index in [0.717, 1.165) is 11.8 Å². The van der Waals surface area contributed by atoms with E-state index in [2.05, 4.69) is 18.7 Å². The van der Waals surface area contributed by atoms with Gasteiger partial charge in [0.25, 0.3) is 0 Å². The van der Waals surface area contributed by atoms with Crippen molar-refractivity contribution >= 4 is 33.7 Å². The molecule has 1 aliphatic rings. The summed E-state index contributed by atoms with van der Waals surface area (Å²) < 4.78 is 3.32. The average molecular weight is 282 g/mol. The summed E-state index contributed by atoms with van der Waals surface area (Å²) in [5.74, 6) is 2.04. The predicted molar refractivity (Wildman–Crippen MR) is 57.6 cm³/mol. The van der Waals surface area contributed by atoms with Gasteiger partial charge in [0.2, 0.25) is 0 Å². The topological polar surface area (TPSA) is 0 Å². The molecule has 1 radical (unpaired) electrons. The molecule has 0 aromatic carbocycles. The van der Waals surface area contributed by atoms with E-state index in [0.29, 0.717) is 0 Å². The van der Waals surface area contributed by atoms with Crippen LogP contribution in [-0.4, -0.2) is 20.2 Å². The molecule has 1 fully saturated rings. The van der Waals surface area contributed by atoms with Crippen molar-refractivity contribution in [1.82, 2.24) is 0 Å². The summed E-state index contributed by atoms with van der Waals surface area (Å²) >= 11 is -0.553. The molecule has 67 valence electrons. The zero-order chi connectivity index (χ0) is 7.56. The molecule has 0 atom stereocenters. The van der Waals surface area contributed by atoms with Crippen LogP contribution in [-0.2, 0) is 13.5 Å². The minimum absolute atomic E-state index is 0. The molecule has 1 aliphatic heterocycles. The molecule has 1 heterocycles. The first-order valence-corrected chi connectivity index (χ1v) is 10.5. The number of rotatable bonds is 1. The zero-order valence-electron chi connectivity index (χ0n) is 7.88. The molecular formula is C9H20SSb. The summed E-state index contributed by atoms with van der Waals surface area (Å²) in [5, 5.41) is 0. The first-order valence-electron chi connectivity index (χ1n) is 4.38. The Labute approximate surface area is 85.5 Å². The molecule has 0 unspecified atom stereocenters. The molecule has 0 spiro atoms. The Balaban J connectivity index is 0.000001000. The van der Waals surface area contributed by atoms with Crippen LogP contribution >= 0.6 is 0 Å². The molecule has 2 heteroatoms. The van der Waals surface area contributed by atoms with Gasteiger partial charge in [0, 0.05) is 0 Å². The minimum Gasteiger partial charge on any atom is -0.813 e. The maximum Gasteiger partial charge on any atom is -0.813 e. The van der Waals surface area contributed by atoms with Gasteiger partial charge in [-0.05, 0) is 0 Å². The van der Waals surface area contributed by atoms with Crippen LogP contribution in [0.1, 0.15) is 26.7 Å². The van der Waals surface area contributed by atoms with Crippen molar-refractivity contribution in [2.75, 3.05) is 0 Å². The summed E-state index contributed by atoms with van der Waals surface area (Å²) in [6, 6.07) is 0. The van der Waals surface area contributed by atoms with E-state index in [1.807, 2.05) is 0 Å². The SMILES string of the molecule is CC(C)C1C[CH2][Sb+]([CH3])[CH2]C1.[SH-]. The molecule has 0 aromatic rings. The summed E-state index contributed by atoms with van der Waals surface area (Å²) in [7, 11) is 0. The van der Waals surface area contributed by atoms with Gasteiger partial charge in [0.15, 0.2) is 0 Å². The Morgan fingerprint density at radius 3 is 2.00 bits per heavy atom. The smallest absolute Gasteiger partial charge is 0.813 e. The molecule has 0 saturated carbocycles. The van der Waals surface area contributed by atoms with Gasteiger partial charge in [0.1, 0.15) is 0 Å². The third-order valence-electron chi connectivity index (χ3n) is 2.71. The van der Waals surface area contributed by atoms with Crippen LogP contribution in [0.3, 0.4) is 0 Å². The normalized spacial score (nSPS) is 21.8. The molecule has 1 saturated heterocycles. The van der Waals surface area contributed by atoms with Crippen LogP contribution in [0.25, 0.3) is 0 Å². The van der Waals surface area contributed by atoms with Crippen LogP contribution in [0, 0.1) is 11.8 Å². The maximum atomic E-state index is 2.57. The minimum atomic E-state index is -0.553. The van der Waals surface area contributed by atoms with E-state index < -0.39 is 20.2 Å². The Bertz CT molecular complexity index is 95.7. The molecule has 0 aromatic heterocycles. The molecule has 0 aliphatic carbocycles. The van der Waals surface area contributed by atoms with Crippen molar-refractivity contribution in [3.8, 4) is 0 Å². The van der Waals surface area contributed by atoms with E-state index >= 15 is 0 Å². The van der Waals surface area contributed by atoms with E-state index in [4.69, 9.17) is 0 Å². The largest absolute Gasteiger partial charge is 0.813 e. The van der Waals surface area contributed by atoms with Crippen molar-refractivity contribution in [3.05, 3.63) is 0 Å².